The lowest BCUT2D eigenvalue weighted by molar-refractivity contribution is -0.122. The molecule has 1 N–H and O–H groups in total. The van der Waals surface area contributed by atoms with E-state index in [2.05, 4.69) is 5.32 Å². The Morgan fingerprint density at radius 3 is 2.48 bits per heavy atom. The Labute approximate surface area is 171 Å². The number of hydrogen-bond acceptors (Lipinski definition) is 4. The molecule has 4 amide bonds. The van der Waals surface area contributed by atoms with E-state index in [1.807, 2.05) is 30.3 Å². The van der Waals surface area contributed by atoms with Crippen LogP contribution in [0.2, 0.25) is 5.02 Å². The second-order valence-corrected chi connectivity index (χ2v) is 6.82. The van der Waals surface area contributed by atoms with E-state index in [4.69, 9.17) is 16.0 Å². The number of nitrogens with zero attached hydrogens (tertiary/aromatic N) is 1. The van der Waals surface area contributed by atoms with Gasteiger partial charge in [0.05, 0.1) is 5.69 Å². The minimum Gasteiger partial charge on any atom is -0.457 e. The SMILES string of the molecule is Cc1c(Cl)cccc1N1C(=O)NC(=O)/C(=C\c2ccc(-c3ccccc3)o2)C1=O. The number of anilines is 1. The Hall–Kier alpha value is -3.64. The van der Waals surface area contributed by atoms with Crippen molar-refractivity contribution in [3.05, 3.63) is 82.6 Å². The number of imide groups is 2. The van der Waals surface area contributed by atoms with Gasteiger partial charge in [0.15, 0.2) is 0 Å². The summed E-state index contributed by atoms with van der Waals surface area (Å²) < 4.78 is 5.75. The summed E-state index contributed by atoms with van der Waals surface area (Å²) in [5.41, 5.74) is 1.51. The summed E-state index contributed by atoms with van der Waals surface area (Å²) in [4.78, 5) is 38.5. The van der Waals surface area contributed by atoms with Crippen LogP contribution in [0.25, 0.3) is 17.4 Å². The highest BCUT2D eigenvalue weighted by Gasteiger charge is 2.37. The van der Waals surface area contributed by atoms with E-state index in [0.717, 1.165) is 10.5 Å². The van der Waals surface area contributed by atoms with Gasteiger partial charge in [-0.15, -0.1) is 0 Å². The lowest BCUT2D eigenvalue weighted by Gasteiger charge is -2.27. The standard InChI is InChI=1S/C22H15ClN2O4/c1-13-17(23)8-5-9-18(13)25-21(27)16(20(26)24-22(25)28)12-15-10-11-19(29-15)14-6-3-2-4-7-14/h2-12H,1H3,(H,24,26,28)/b16-12+. The Balaban J connectivity index is 1.71. The van der Waals surface area contributed by atoms with Crippen LogP contribution in [0.4, 0.5) is 10.5 Å². The number of halogens is 1. The van der Waals surface area contributed by atoms with E-state index in [-0.39, 0.29) is 5.57 Å². The summed E-state index contributed by atoms with van der Waals surface area (Å²) >= 11 is 6.12. The number of nitrogens with one attached hydrogen (secondary N) is 1. The van der Waals surface area contributed by atoms with Gasteiger partial charge in [-0.1, -0.05) is 48.0 Å². The molecule has 0 unspecified atom stereocenters. The number of carbonyl (C=O) groups excluding carboxylic acids is 3. The van der Waals surface area contributed by atoms with Crippen LogP contribution < -0.4 is 10.2 Å². The minimum absolute atomic E-state index is 0.210. The molecule has 29 heavy (non-hydrogen) atoms. The topological polar surface area (TPSA) is 79.6 Å². The zero-order valence-electron chi connectivity index (χ0n) is 15.3. The molecule has 2 heterocycles. The first-order valence-electron chi connectivity index (χ1n) is 8.77. The number of benzene rings is 2. The summed E-state index contributed by atoms with van der Waals surface area (Å²) in [6.07, 6.45) is 1.32. The number of rotatable bonds is 3. The summed E-state index contributed by atoms with van der Waals surface area (Å²) in [5.74, 6) is -0.616. The van der Waals surface area contributed by atoms with Crippen LogP contribution in [-0.4, -0.2) is 17.8 Å². The van der Waals surface area contributed by atoms with Crippen molar-refractivity contribution in [2.45, 2.75) is 6.92 Å². The molecule has 0 saturated carbocycles. The molecule has 1 saturated heterocycles. The van der Waals surface area contributed by atoms with E-state index in [1.165, 1.54) is 6.08 Å². The van der Waals surface area contributed by atoms with E-state index < -0.39 is 17.8 Å². The molecule has 1 aliphatic rings. The molecule has 0 bridgehead atoms. The van der Waals surface area contributed by atoms with Gasteiger partial charge in [-0.25, -0.2) is 9.69 Å². The van der Waals surface area contributed by atoms with Crippen molar-refractivity contribution < 1.29 is 18.8 Å². The van der Waals surface area contributed by atoms with Gasteiger partial charge in [0.25, 0.3) is 11.8 Å². The zero-order chi connectivity index (χ0) is 20.5. The second-order valence-electron chi connectivity index (χ2n) is 6.41. The van der Waals surface area contributed by atoms with Gasteiger partial charge in [-0.3, -0.25) is 14.9 Å². The number of carbonyl (C=O) groups is 3. The highest BCUT2D eigenvalue weighted by atomic mass is 35.5. The molecule has 0 atom stereocenters. The molecule has 1 aliphatic heterocycles. The molecule has 4 rings (SSSR count). The second kappa shape index (κ2) is 7.41. The lowest BCUT2D eigenvalue weighted by Crippen LogP contribution is -2.54. The molecule has 7 heteroatoms. The maximum absolute atomic E-state index is 13.0. The first-order valence-corrected chi connectivity index (χ1v) is 9.15. The molecule has 0 aliphatic carbocycles. The highest BCUT2D eigenvalue weighted by molar-refractivity contribution is 6.39. The first kappa shape index (κ1) is 18.7. The van der Waals surface area contributed by atoms with Crippen LogP contribution in [0.15, 0.2) is 70.7 Å². The van der Waals surface area contributed by atoms with Gasteiger partial charge in [0.1, 0.15) is 17.1 Å². The first-order chi connectivity index (χ1) is 14.0. The van der Waals surface area contributed by atoms with Crippen molar-refractivity contribution in [3.63, 3.8) is 0 Å². The number of urea groups is 1. The normalized spacial score (nSPS) is 15.7. The van der Waals surface area contributed by atoms with Gasteiger partial charge in [0.2, 0.25) is 0 Å². The predicted molar refractivity (Wildman–Crippen MR) is 109 cm³/mol. The van der Waals surface area contributed by atoms with Crippen molar-refractivity contribution in [2.75, 3.05) is 4.90 Å². The van der Waals surface area contributed by atoms with Crippen LogP contribution in [0, 0.1) is 6.92 Å². The van der Waals surface area contributed by atoms with Gasteiger partial charge >= 0.3 is 6.03 Å². The third-order valence-electron chi connectivity index (χ3n) is 4.55. The maximum atomic E-state index is 13.0. The highest BCUT2D eigenvalue weighted by Crippen LogP contribution is 2.30. The minimum atomic E-state index is -0.827. The smallest absolute Gasteiger partial charge is 0.335 e. The number of barbiturate groups is 1. The van der Waals surface area contributed by atoms with Gasteiger partial charge < -0.3 is 4.42 Å². The van der Waals surface area contributed by atoms with Crippen LogP contribution >= 0.6 is 11.6 Å². The van der Waals surface area contributed by atoms with Gasteiger partial charge in [-0.05, 0) is 42.8 Å². The Morgan fingerprint density at radius 2 is 1.72 bits per heavy atom. The van der Waals surface area contributed by atoms with Crippen molar-refractivity contribution in [1.29, 1.82) is 0 Å². The molecule has 3 aromatic rings. The average Bonchev–Trinajstić information content (AvgIpc) is 3.18. The maximum Gasteiger partial charge on any atom is 0.335 e. The van der Waals surface area contributed by atoms with E-state index in [1.54, 1.807) is 37.3 Å². The fourth-order valence-corrected chi connectivity index (χ4v) is 3.21. The average molecular weight is 407 g/mol. The van der Waals surface area contributed by atoms with Crippen molar-refractivity contribution >= 4 is 41.2 Å². The van der Waals surface area contributed by atoms with Crippen molar-refractivity contribution in [2.24, 2.45) is 0 Å². The molecular weight excluding hydrogens is 392 g/mol. The third-order valence-corrected chi connectivity index (χ3v) is 4.96. The van der Waals surface area contributed by atoms with Crippen LogP contribution in [-0.2, 0) is 9.59 Å². The van der Waals surface area contributed by atoms with Crippen LogP contribution in [0.5, 0.6) is 0 Å². The largest absolute Gasteiger partial charge is 0.457 e. The summed E-state index contributed by atoms with van der Waals surface area (Å²) in [6, 6.07) is 16.9. The fourth-order valence-electron chi connectivity index (χ4n) is 3.04. The van der Waals surface area contributed by atoms with Crippen molar-refractivity contribution in [3.8, 4) is 11.3 Å². The molecular formula is C22H15ClN2O4. The van der Waals surface area contributed by atoms with E-state index in [0.29, 0.717) is 27.8 Å². The zero-order valence-corrected chi connectivity index (χ0v) is 16.1. The summed E-state index contributed by atoms with van der Waals surface area (Å²) in [5, 5.41) is 2.59. The summed E-state index contributed by atoms with van der Waals surface area (Å²) in [7, 11) is 0. The molecule has 144 valence electrons. The van der Waals surface area contributed by atoms with E-state index >= 15 is 0 Å². The Bertz CT molecular complexity index is 1160. The number of hydrogen-bond donors (Lipinski definition) is 1. The van der Waals surface area contributed by atoms with Crippen LogP contribution in [0.1, 0.15) is 11.3 Å². The van der Waals surface area contributed by atoms with Crippen molar-refractivity contribution in [1.82, 2.24) is 5.32 Å². The number of furan rings is 1. The lowest BCUT2D eigenvalue weighted by atomic mass is 10.1. The molecule has 2 aromatic carbocycles. The predicted octanol–water partition coefficient (Wildman–Crippen LogP) is 4.57. The third kappa shape index (κ3) is 3.46. The molecule has 1 aromatic heterocycles. The summed E-state index contributed by atoms with van der Waals surface area (Å²) in [6.45, 7) is 1.69. The monoisotopic (exact) mass is 406 g/mol. The van der Waals surface area contributed by atoms with Crippen LogP contribution in [0.3, 0.4) is 0 Å². The fraction of sp³-hybridized carbons (Fsp3) is 0.0455. The van der Waals surface area contributed by atoms with E-state index in [9.17, 15) is 14.4 Å². The van der Waals surface area contributed by atoms with Gasteiger partial charge in [0, 0.05) is 10.6 Å². The molecule has 6 nitrogen and oxygen atoms in total. The Kier molecular flexibility index (Phi) is 4.78. The number of amides is 4. The van der Waals surface area contributed by atoms with Gasteiger partial charge in [-0.2, -0.15) is 0 Å². The molecule has 1 fully saturated rings. The Morgan fingerprint density at radius 1 is 0.966 bits per heavy atom. The molecule has 0 spiro atoms. The quantitative estimate of drug-likeness (QED) is 0.510. The molecule has 0 radical (unpaired) electrons.